The minimum absolute atomic E-state index is 0.0834. The van der Waals surface area contributed by atoms with E-state index in [0.717, 1.165) is 19.1 Å². The lowest BCUT2D eigenvalue weighted by Gasteiger charge is -2.08. The molecule has 0 spiro atoms. The van der Waals surface area contributed by atoms with Gasteiger partial charge in [-0.05, 0) is 12.8 Å². The molecule has 100 valence electrons. The Kier molecular flexibility index (Phi) is 12.0. The number of aldehydes is 1. The van der Waals surface area contributed by atoms with E-state index >= 15 is 0 Å². The third kappa shape index (κ3) is 12.0. The summed E-state index contributed by atoms with van der Waals surface area (Å²) >= 11 is 5.71. The van der Waals surface area contributed by atoms with Crippen molar-refractivity contribution in [3.05, 3.63) is 11.6 Å². The first-order valence-corrected chi connectivity index (χ1v) is 7.37. The van der Waals surface area contributed by atoms with Crippen molar-refractivity contribution in [2.75, 3.05) is 0 Å². The summed E-state index contributed by atoms with van der Waals surface area (Å²) in [6.45, 7) is 5.88. The van der Waals surface area contributed by atoms with Crippen LogP contribution in [0.3, 0.4) is 0 Å². The van der Waals surface area contributed by atoms with Crippen LogP contribution in [0.4, 0.5) is 0 Å². The molecule has 0 amide bonds. The summed E-state index contributed by atoms with van der Waals surface area (Å²) in [5.74, 6) is 0.0834. The highest BCUT2D eigenvalue weighted by molar-refractivity contribution is 6.29. The maximum absolute atomic E-state index is 10.8. The molecule has 0 rings (SSSR count). The molecule has 0 radical (unpaired) electrons. The SMILES string of the molecule is C=C(Cl)CC(C=O)CCCCCCCCCC. The molecular formula is C15H27ClO. The Bertz CT molecular complexity index is 201. The fraction of sp³-hybridized carbons (Fsp3) is 0.800. The predicted octanol–water partition coefficient (Wildman–Crippen LogP) is 5.47. The van der Waals surface area contributed by atoms with E-state index in [0.29, 0.717) is 11.5 Å². The van der Waals surface area contributed by atoms with Crippen LogP contribution in [0.15, 0.2) is 11.6 Å². The van der Waals surface area contributed by atoms with Crippen molar-refractivity contribution in [3.8, 4) is 0 Å². The summed E-state index contributed by atoms with van der Waals surface area (Å²) in [6.07, 6.45) is 13.1. The molecule has 1 atom stereocenters. The summed E-state index contributed by atoms with van der Waals surface area (Å²) in [6, 6.07) is 0. The number of hydrogen-bond donors (Lipinski definition) is 0. The summed E-state index contributed by atoms with van der Waals surface area (Å²) in [7, 11) is 0. The number of carbonyl (C=O) groups is 1. The van der Waals surface area contributed by atoms with Gasteiger partial charge in [0.2, 0.25) is 0 Å². The lowest BCUT2D eigenvalue weighted by Crippen LogP contribution is -2.01. The second-order valence-electron chi connectivity index (χ2n) is 4.88. The summed E-state index contributed by atoms with van der Waals surface area (Å²) < 4.78 is 0. The van der Waals surface area contributed by atoms with Gasteiger partial charge < -0.3 is 4.79 Å². The highest BCUT2D eigenvalue weighted by Crippen LogP contribution is 2.18. The summed E-state index contributed by atoms with van der Waals surface area (Å²) in [5, 5.41) is 0.599. The van der Waals surface area contributed by atoms with E-state index in [9.17, 15) is 4.79 Å². The Balaban J connectivity index is 3.31. The zero-order valence-electron chi connectivity index (χ0n) is 11.2. The molecule has 2 heteroatoms. The van der Waals surface area contributed by atoms with E-state index in [4.69, 9.17) is 11.6 Å². The molecule has 0 N–H and O–H groups in total. The monoisotopic (exact) mass is 258 g/mol. The lowest BCUT2D eigenvalue weighted by atomic mass is 9.98. The molecule has 1 unspecified atom stereocenters. The zero-order chi connectivity index (χ0) is 12.9. The van der Waals surface area contributed by atoms with Crippen LogP contribution >= 0.6 is 11.6 Å². The number of halogens is 1. The highest BCUT2D eigenvalue weighted by atomic mass is 35.5. The molecule has 0 aliphatic rings. The van der Waals surface area contributed by atoms with E-state index in [-0.39, 0.29) is 5.92 Å². The Labute approximate surface area is 112 Å². The van der Waals surface area contributed by atoms with Gasteiger partial charge >= 0.3 is 0 Å². The second-order valence-corrected chi connectivity index (χ2v) is 5.42. The van der Waals surface area contributed by atoms with E-state index in [1.165, 1.54) is 44.9 Å². The fourth-order valence-electron chi connectivity index (χ4n) is 2.04. The van der Waals surface area contributed by atoms with E-state index in [2.05, 4.69) is 13.5 Å². The first kappa shape index (κ1) is 16.7. The average Bonchev–Trinajstić information content (AvgIpc) is 2.30. The molecule has 0 bridgehead atoms. The van der Waals surface area contributed by atoms with Crippen molar-refractivity contribution in [1.29, 1.82) is 0 Å². The first-order valence-electron chi connectivity index (χ1n) is 6.99. The lowest BCUT2D eigenvalue weighted by molar-refractivity contribution is -0.111. The zero-order valence-corrected chi connectivity index (χ0v) is 12.0. The minimum Gasteiger partial charge on any atom is -0.303 e. The number of carbonyl (C=O) groups excluding carboxylic acids is 1. The number of rotatable bonds is 12. The van der Waals surface area contributed by atoms with Gasteiger partial charge in [0.1, 0.15) is 6.29 Å². The van der Waals surface area contributed by atoms with Gasteiger partial charge in [-0.1, -0.05) is 76.5 Å². The Morgan fingerprint density at radius 1 is 1.12 bits per heavy atom. The van der Waals surface area contributed by atoms with Gasteiger partial charge in [0.25, 0.3) is 0 Å². The highest BCUT2D eigenvalue weighted by Gasteiger charge is 2.07. The van der Waals surface area contributed by atoms with Gasteiger partial charge in [0.05, 0.1) is 0 Å². The van der Waals surface area contributed by atoms with Crippen LogP contribution in [0.1, 0.15) is 71.1 Å². The molecule has 0 aliphatic carbocycles. The van der Waals surface area contributed by atoms with Crippen LogP contribution in [0.2, 0.25) is 0 Å². The quantitative estimate of drug-likeness (QED) is 0.335. The van der Waals surface area contributed by atoms with Gasteiger partial charge in [-0.3, -0.25) is 0 Å². The number of unbranched alkanes of at least 4 members (excludes halogenated alkanes) is 7. The first-order chi connectivity index (χ1) is 8.20. The normalized spacial score (nSPS) is 12.4. The number of hydrogen-bond acceptors (Lipinski definition) is 1. The van der Waals surface area contributed by atoms with Gasteiger partial charge in [0, 0.05) is 11.0 Å². The third-order valence-corrected chi connectivity index (χ3v) is 3.26. The predicted molar refractivity (Wildman–Crippen MR) is 76.4 cm³/mol. The maximum atomic E-state index is 10.8. The largest absolute Gasteiger partial charge is 0.303 e. The fourth-order valence-corrected chi connectivity index (χ4v) is 2.24. The van der Waals surface area contributed by atoms with Crippen molar-refractivity contribution < 1.29 is 4.79 Å². The molecule has 0 aromatic rings. The second kappa shape index (κ2) is 12.2. The molecule has 0 aliphatic heterocycles. The van der Waals surface area contributed by atoms with Gasteiger partial charge in [0.15, 0.2) is 0 Å². The van der Waals surface area contributed by atoms with E-state index in [1.807, 2.05) is 0 Å². The van der Waals surface area contributed by atoms with Crippen molar-refractivity contribution >= 4 is 17.9 Å². The van der Waals surface area contributed by atoms with Gasteiger partial charge in [-0.25, -0.2) is 0 Å². The standard InChI is InChI=1S/C15H27ClO/c1-3-4-5-6-7-8-9-10-11-15(13-17)12-14(2)16/h13,15H,2-12H2,1H3. The van der Waals surface area contributed by atoms with Crippen LogP contribution in [0.25, 0.3) is 0 Å². The molecule has 0 fully saturated rings. The van der Waals surface area contributed by atoms with Gasteiger partial charge in [-0.2, -0.15) is 0 Å². The topological polar surface area (TPSA) is 17.1 Å². The molecule has 1 nitrogen and oxygen atoms in total. The molecule has 0 heterocycles. The van der Waals surface area contributed by atoms with Crippen LogP contribution in [-0.4, -0.2) is 6.29 Å². The van der Waals surface area contributed by atoms with Crippen LogP contribution in [0.5, 0.6) is 0 Å². The number of allylic oxidation sites excluding steroid dienone is 1. The summed E-state index contributed by atoms with van der Waals surface area (Å²) in [5.41, 5.74) is 0. The van der Waals surface area contributed by atoms with Gasteiger partial charge in [-0.15, -0.1) is 0 Å². The van der Waals surface area contributed by atoms with Crippen molar-refractivity contribution in [2.24, 2.45) is 5.92 Å². The van der Waals surface area contributed by atoms with Crippen molar-refractivity contribution in [2.45, 2.75) is 71.1 Å². The smallest absolute Gasteiger partial charge is 0.123 e. The maximum Gasteiger partial charge on any atom is 0.123 e. The van der Waals surface area contributed by atoms with Crippen LogP contribution < -0.4 is 0 Å². The molecule has 0 saturated carbocycles. The van der Waals surface area contributed by atoms with Crippen molar-refractivity contribution in [3.63, 3.8) is 0 Å². The molecule has 0 saturated heterocycles. The Hall–Kier alpha value is -0.300. The summed E-state index contributed by atoms with van der Waals surface area (Å²) in [4.78, 5) is 10.8. The van der Waals surface area contributed by atoms with E-state index < -0.39 is 0 Å². The molecule has 17 heavy (non-hydrogen) atoms. The van der Waals surface area contributed by atoms with Crippen LogP contribution in [0, 0.1) is 5.92 Å². The average molecular weight is 259 g/mol. The van der Waals surface area contributed by atoms with Crippen molar-refractivity contribution in [1.82, 2.24) is 0 Å². The molecular weight excluding hydrogens is 232 g/mol. The van der Waals surface area contributed by atoms with E-state index in [1.54, 1.807) is 0 Å². The minimum atomic E-state index is 0.0834. The molecule has 0 aromatic heterocycles. The Morgan fingerprint density at radius 2 is 1.65 bits per heavy atom. The molecule has 0 aromatic carbocycles. The Morgan fingerprint density at radius 3 is 2.12 bits per heavy atom. The van der Waals surface area contributed by atoms with Crippen LogP contribution in [-0.2, 0) is 4.79 Å². The third-order valence-electron chi connectivity index (χ3n) is 3.10.